The molecule has 5 aromatic rings. The molecule has 3 aromatic heterocycles. The number of para-hydroxylation sites is 1. The van der Waals surface area contributed by atoms with E-state index in [9.17, 15) is 4.79 Å². The highest BCUT2D eigenvalue weighted by molar-refractivity contribution is 7.98. The Morgan fingerprint density at radius 1 is 0.914 bits per heavy atom. The quantitative estimate of drug-likeness (QED) is 0.350. The second-order valence-corrected chi connectivity index (χ2v) is 9.87. The van der Waals surface area contributed by atoms with E-state index in [4.69, 9.17) is 0 Å². The number of fused-ring (bicyclic) bond motifs is 3. The van der Waals surface area contributed by atoms with Crippen molar-refractivity contribution in [2.45, 2.75) is 37.1 Å². The molecule has 2 aromatic carbocycles. The summed E-state index contributed by atoms with van der Waals surface area (Å²) in [6.45, 7) is 4.07. The van der Waals surface area contributed by atoms with E-state index < -0.39 is 0 Å². The van der Waals surface area contributed by atoms with Gasteiger partial charge in [-0.05, 0) is 50.5 Å². The predicted molar refractivity (Wildman–Crippen MR) is 137 cm³/mol. The number of thioether (sulfide) groups is 1. The van der Waals surface area contributed by atoms with Crippen LogP contribution in [0.5, 0.6) is 0 Å². The molecule has 178 valence electrons. The SMILES string of the molecule is Cc1ccc(-n2c(SCc3nnc4n(C)c(=O)c5ccccc5n34)nnc2N2CCCCC2)cc1. The number of anilines is 1. The molecule has 0 atom stereocenters. The number of hydrogen-bond donors (Lipinski definition) is 0. The van der Waals surface area contributed by atoms with Crippen LogP contribution in [0.4, 0.5) is 5.95 Å². The third-order valence-corrected chi connectivity index (χ3v) is 7.50. The maximum absolute atomic E-state index is 12.8. The van der Waals surface area contributed by atoms with Crippen molar-refractivity contribution in [3.8, 4) is 5.69 Å². The van der Waals surface area contributed by atoms with E-state index in [0.29, 0.717) is 16.9 Å². The molecule has 1 saturated heterocycles. The van der Waals surface area contributed by atoms with Crippen molar-refractivity contribution in [2.75, 3.05) is 18.0 Å². The van der Waals surface area contributed by atoms with E-state index in [1.54, 1.807) is 23.4 Å². The smallest absolute Gasteiger partial charge is 0.262 e. The van der Waals surface area contributed by atoms with Crippen molar-refractivity contribution in [2.24, 2.45) is 7.05 Å². The Morgan fingerprint density at radius 2 is 1.69 bits per heavy atom. The fraction of sp³-hybridized carbons (Fsp3) is 0.320. The van der Waals surface area contributed by atoms with E-state index in [1.165, 1.54) is 24.8 Å². The monoisotopic (exact) mass is 486 g/mol. The first-order valence-corrected chi connectivity index (χ1v) is 12.8. The van der Waals surface area contributed by atoms with Crippen LogP contribution in [0.1, 0.15) is 30.7 Å². The summed E-state index contributed by atoms with van der Waals surface area (Å²) in [6.07, 6.45) is 3.59. The standard InChI is InChI=1S/C25H26N8OS/c1-17-10-12-18(13-11-17)32-24(31-14-6-3-7-15-31)28-29-25(32)35-16-21-26-27-23-30(2)22(34)19-8-4-5-9-20(19)33(21)23/h4-5,8-13H,3,6-7,14-16H2,1-2H3. The first-order chi connectivity index (χ1) is 17.1. The van der Waals surface area contributed by atoms with Gasteiger partial charge in [-0.15, -0.1) is 20.4 Å². The summed E-state index contributed by atoms with van der Waals surface area (Å²) in [5.74, 6) is 2.70. The summed E-state index contributed by atoms with van der Waals surface area (Å²) in [6, 6.07) is 16.0. The number of aromatic nitrogens is 7. The van der Waals surface area contributed by atoms with Gasteiger partial charge in [0.1, 0.15) is 5.82 Å². The van der Waals surface area contributed by atoms with Gasteiger partial charge in [-0.3, -0.25) is 18.3 Å². The molecule has 9 nitrogen and oxygen atoms in total. The van der Waals surface area contributed by atoms with Crippen LogP contribution in [0, 0.1) is 6.92 Å². The molecular formula is C25H26N8OS. The molecule has 1 aliphatic rings. The van der Waals surface area contributed by atoms with E-state index in [-0.39, 0.29) is 5.56 Å². The first-order valence-electron chi connectivity index (χ1n) is 11.8. The van der Waals surface area contributed by atoms with Crippen LogP contribution in [-0.4, -0.2) is 47.0 Å². The Kier molecular flexibility index (Phi) is 5.52. The molecule has 0 saturated carbocycles. The van der Waals surface area contributed by atoms with Gasteiger partial charge >= 0.3 is 0 Å². The average molecular weight is 487 g/mol. The molecule has 0 bridgehead atoms. The maximum Gasteiger partial charge on any atom is 0.262 e. The molecule has 0 aliphatic carbocycles. The normalized spacial score (nSPS) is 14.3. The highest BCUT2D eigenvalue weighted by atomic mass is 32.2. The summed E-state index contributed by atoms with van der Waals surface area (Å²) in [4.78, 5) is 15.1. The Hall–Kier alpha value is -3.66. The average Bonchev–Trinajstić information content (AvgIpc) is 3.52. The second kappa shape index (κ2) is 8.84. The molecule has 1 fully saturated rings. The number of benzene rings is 2. The fourth-order valence-corrected chi connectivity index (χ4v) is 5.55. The van der Waals surface area contributed by atoms with Crippen LogP contribution in [0.2, 0.25) is 0 Å². The van der Waals surface area contributed by atoms with Crippen molar-refractivity contribution >= 4 is 34.4 Å². The molecule has 10 heteroatoms. The molecule has 0 amide bonds. The zero-order valence-electron chi connectivity index (χ0n) is 19.8. The summed E-state index contributed by atoms with van der Waals surface area (Å²) in [5, 5.41) is 19.4. The molecule has 0 spiro atoms. The van der Waals surface area contributed by atoms with Crippen molar-refractivity contribution in [3.63, 3.8) is 0 Å². The van der Waals surface area contributed by atoms with E-state index in [0.717, 1.165) is 41.2 Å². The predicted octanol–water partition coefficient (Wildman–Crippen LogP) is 3.75. The van der Waals surface area contributed by atoms with Gasteiger partial charge in [-0.2, -0.15) is 0 Å². The number of nitrogens with zero attached hydrogens (tertiary/aromatic N) is 8. The lowest BCUT2D eigenvalue weighted by atomic mass is 10.1. The van der Waals surface area contributed by atoms with Gasteiger partial charge in [0.05, 0.1) is 22.3 Å². The minimum Gasteiger partial charge on any atom is -0.341 e. The zero-order valence-corrected chi connectivity index (χ0v) is 20.6. The highest BCUT2D eigenvalue weighted by Gasteiger charge is 2.22. The van der Waals surface area contributed by atoms with Gasteiger partial charge in [0.15, 0.2) is 5.16 Å². The molecule has 1 aliphatic heterocycles. The number of aryl methyl sites for hydroxylation is 2. The molecule has 6 rings (SSSR count). The first kappa shape index (κ1) is 21.8. The highest BCUT2D eigenvalue weighted by Crippen LogP contribution is 2.30. The van der Waals surface area contributed by atoms with Crippen molar-refractivity contribution < 1.29 is 0 Å². The van der Waals surface area contributed by atoms with E-state index >= 15 is 0 Å². The fourth-order valence-electron chi connectivity index (χ4n) is 4.69. The number of piperidine rings is 1. The van der Waals surface area contributed by atoms with E-state index in [2.05, 4.69) is 61.1 Å². The zero-order chi connectivity index (χ0) is 23.9. The Morgan fingerprint density at radius 3 is 2.49 bits per heavy atom. The van der Waals surface area contributed by atoms with Gasteiger partial charge in [0, 0.05) is 20.1 Å². The van der Waals surface area contributed by atoms with Crippen molar-refractivity contribution in [3.05, 3.63) is 70.3 Å². The lowest BCUT2D eigenvalue weighted by Gasteiger charge is -2.27. The summed E-state index contributed by atoms with van der Waals surface area (Å²) in [5.41, 5.74) is 2.98. The lowest BCUT2D eigenvalue weighted by molar-refractivity contribution is 0.564. The molecular weight excluding hydrogens is 460 g/mol. The van der Waals surface area contributed by atoms with Crippen LogP contribution in [0.15, 0.2) is 58.5 Å². The van der Waals surface area contributed by atoms with Crippen LogP contribution < -0.4 is 10.5 Å². The summed E-state index contributed by atoms with van der Waals surface area (Å²) >= 11 is 1.57. The molecule has 0 unspecified atom stereocenters. The third-order valence-electron chi connectivity index (χ3n) is 6.57. The maximum atomic E-state index is 12.8. The van der Waals surface area contributed by atoms with Gasteiger partial charge in [-0.25, -0.2) is 0 Å². The minimum absolute atomic E-state index is 0.0787. The third kappa shape index (κ3) is 3.78. The van der Waals surface area contributed by atoms with Crippen LogP contribution in [-0.2, 0) is 12.8 Å². The summed E-state index contributed by atoms with van der Waals surface area (Å²) in [7, 11) is 1.73. The molecule has 35 heavy (non-hydrogen) atoms. The second-order valence-electron chi connectivity index (χ2n) is 8.92. The number of hydrogen-bond acceptors (Lipinski definition) is 7. The molecule has 4 heterocycles. The topological polar surface area (TPSA) is 86.1 Å². The van der Waals surface area contributed by atoms with Crippen LogP contribution >= 0.6 is 11.8 Å². The Balaban J connectivity index is 1.41. The van der Waals surface area contributed by atoms with Gasteiger partial charge in [-0.1, -0.05) is 41.6 Å². The van der Waals surface area contributed by atoms with Gasteiger partial charge in [0.2, 0.25) is 11.7 Å². The molecule has 0 radical (unpaired) electrons. The lowest BCUT2D eigenvalue weighted by Crippen LogP contribution is -2.31. The van der Waals surface area contributed by atoms with Crippen LogP contribution in [0.3, 0.4) is 0 Å². The number of rotatable bonds is 5. The van der Waals surface area contributed by atoms with E-state index in [1.807, 2.05) is 28.7 Å². The molecule has 0 N–H and O–H groups in total. The minimum atomic E-state index is -0.0787. The van der Waals surface area contributed by atoms with Gasteiger partial charge in [0.25, 0.3) is 5.56 Å². The Bertz CT molecular complexity index is 1580. The summed E-state index contributed by atoms with van der Waals surface area (Å²) < 4.78 is 5.65. The van der Waals surface area contributed by atoms with Gasteiger partial charge < -0.3 is 4.90 Å². The van der Waals surface area contributed by atoms with Crippen LogP contribution in [0.25, 0.3) is 22.4 Å². The van der Waals surface area contributed by atoms with Crippen molar-refractivity contribution in [1.82, 2.24) is 33.9 Å². The van der Waals surface area contributed by atoms with Crippen molar-refractivity contribution in [1.29, 1.82) is 0 Å². The largest absolute Gasteiger partial charge is 0.341 e. The Labute approximate surface area is 206 Å².